The fourth-order valence-corrected chi connectivity index (χ4v) is 6.09. The van der Waals surface area contributed by atoms with Crippen molar-refractivity contribution >= 4 is 64.1 Å². The third-order valence-corrected chi connectivity index (χ3v) is 9.75. The lowest BCUT2D eigenvalue weighted by molar-refractivity contribution is -0.142. The van der Waals surface area contributed by atoms with E-state index in [4.69, 9.17) is 24.1 Å². The molecular weight excluding hydrogens is 897 g/mol. The van der Waals surface area contributed by atoms with Gasteiger partial charge in [-0.2, -0.15) is 0 Å². The van der Waals surface area contributed by atoms with E-state index in [-0.39, 0.29) is 121 Å². The highest BCUT2D eigenvalue weighted by Crippen LogP contribution is 2.14. The minimum atomic E-state index is -1.18. The zero-order chi connectivity index (χ0) is 44.5. The average Bonchev–Trinajstić information content (AvgIpc) is 3.20. The number of rotatable bonds is 43. The van der Waals surface area contributed by atoms with Crippen LogP contribution in [0, 0.1) is 0 Å². The third kappa shape index (κ3) is 40.3. The lowest BCUT2D eigenvalue weighted by Gasteiger charge is -2.15. The highest BCUT2D eigenvalue weighted by Gasteiger charge is 2.21. The summed E-state index contributed by atoms with van der Waals surface area (Å²) in [6, 6.07) is -1.14. The fourth-order valence-electron chi connectivity index (χ4n) is 5.87. The van der Waals surface area contributed by atoms with Crippen LogP contribution < -0.4 is 26.6 Å². The van der Waals surface area contributed by atoms with E-state index in [1.807, 2.05) is 22.6 Å². The molecule has 2 atom stereocenters. The lowest BCUT2D eigenvalue weighted by atomic mass is 10.0. The standard InChI is InChI=1S/C41H74IN5O13/c1-33(45-37(50)30-42)46-39(52)32-60-29-27-58-25-23-44-38(51)31-59-28-26-57-24-22-43-35(48)21-20-34(41(55)56)47-36(49)18-16-14-12-10-8-6-4-2-3-5-7-9-11-13-15-17-19-40(53)54/h33-34H,2-32H2,1H3,(H,43,48)(H,44,51)(H,45,50)(H,46,52)(H,47,49)(H,53,54)(H,55,56). The number of nitrogens with one attached hydrogen (secondary N) is 5. The molecule has 0 aliphatic carbocycles. The van der Waals surface area contributed by atoms with Crippen LogP contribution in [0.4, 0.5) is 0 Å². The molecule has 0 bridgehead atoms. The number of halogens is 1. The predicted molar refractivity (Wildman–Crippen MR) is 233 cm³/mol. The van der Waals surface area contributed by atoms with Gasteiger partial charge in [0, 0.05) is 32.4 Å². The highest BCUT2D eigenvalue weighted by atomic mass is 127. The monoisotopic (exact) mass is 971 g/mol. The minimum Gasteiger partial charge on any atom is -0.481 e. The van der Waals surface area contributed by atoms with Crippen LogP contribution in [0.5, 0.6) is 0 Å². The molecule has 0 aliphatic rings. The zero-order valence-corrected chi connectivity index (χ0v) is 38.0. The summed E-state index contributed by atoms with van der Waals surface area (Å²) in [6.07, 6.45) is 17.8. The number of aliphatic carboxylic acids is 2. The summed E-state index contributed by atoms with van der Waals surface area (Å²) in [5.74, 6) is -3.44. The minimum absolute atomic E-state index is 0.0250. The average molecular weight is 972 g/mol. The number of alkyl halides is 1. The summed E-state index contributed by atoms with van der Waals surface area (Å²) in [5, 5.41) is 31.2. The van der Waals surface area contributed by atoms with Crippen molar-refractivity contribution in [2.24, 2.45) is 0 Å². The molecule has 2 unspecified atom stereocenters. The van der Waals surface area contributed by atoms with Crippen molar-refractivity contribution in [3.63, 3.8) is 0 Å². The van der Waals surface area contributed by atoms with E-state index in [0.29, 0.717) is 10.8 Å². The maximum Gasteiger partial charge on any atom is 0.326 e. The van der Waals surface area contributed by atoms with Gasteiger partial charge in [0.1, 0.15) is 19.3 Å². The van der Waals surface area contributed by atoms with Crippen LogP contribution in [0.25, 0.3) is 0 Å². The van der Waals surface area contributed by atoms with Gasteiger partial charge in [-0.1, -0.05) is 112 Å². The normalized spacial score (nSPS) is 12.0. The highest BCUT2D eigenvalue weighted by molar-refractivity contribution is 14.1. The first-order valence-corrected chi connectivity index (χ1v) is 23.2. The Hall–Kier alpha value is -3.14. The van der Waals surface area contributed by atoms with Crippen LogP contribution >= 0.6 is 22.6 Å². The van der Waals surface area contributed by atoms with Crippen molar-refractivity contribution in [2.45, 2.75) is 148 Å². The molecule has 0 saturated heterocycles. The quantitative estimate of drug-likeness (QED) is 0.0199. The van der Waals surface area contributed by atoms with Gasteiger partial charge in [-0.05, 0) is 26.2 Å². The Labute approximate surface area is 370 Å². The van der Waals surface area contributed by atoms with E-state index in [1.54, 1.807) is 6.92 Å². The van der Waals surface area contributed by atoms with Crippen molar-refractivity contribution in [1.82, 2.24) is 26.6 Å². The number of hydrogen-bond acceptors (Lipinski definition) is 11. The molecule has 18 nitrogen and oxygen atoms in total. The van der Waals surface area contributed by atoms with Crippen LogP contribution in [0.1, 0.15) is 135 Å². The third-order valence-electron chi connectivity index (χ3n) is 9.06. The maximum absolute atomic E-state index is 12.3. The summed E-state index contributed by atoms with van der Waals surface area (Å²) < 4.78 is 21.5. The van der Waals surface area contributed by atoms with Crippen molar-refractivity contribution in [1.29, 1.82) is 0 Å². The predicted octanol–water partition coefficient (Wildman–Crippen LogP) is 3.75. The molecular formula is C41H74IN5O13. The van der Waals surface area contributed by atoms with Gasteiger partial charge in [-0.15, -0.1) is 0 Å². The Kier molecular flexibility index (Phi) is 39.1. The number of carboxylic acids is 2. The summed E-state index contributed by atoms with van der Waals surface area (Å²) in [7, 11) is 0. The first-order chi connectivity index (χ1) is 28.9. The smallest absolute Gasteiger partial charge is 0.326 e. The molecule has 7 N–H and O–H groups in total. The number of carbonyl (C=O) groups is 7. The van der Waals surface area contributed by atoms with Gasteiger partial charge < -0.3 is 55.7 Å². The van der Waals surface area contributed by atoms with E-state index >= 15 is 0 Å². The van der Waals surface area contributed by atoms with E-state index in [0.717, 1.165) is 38.5 Å². The second kappa shape index (κ2) is 41.2. The molecule has 348 valence electrons. The van der Waals surface area contributed by atoms with Crippen LogP contribution in [0.2, 0.25) is 0 Å². The van der Waals surface area contributed by atoms with E-state index in [1.165, 1.54) is 57.8 Å². The molecule has 0 aromatic rings. The van der Waals surface area contributed by atoms with Crippen LogP contribution in [0.15, 0.2) is 0 Å². The Bertz CT molecular complexity index is 1180. The molecule has 0 aromatic carbocycles. The molecule has 0 heterocycles. The number of carbonyl (C=O) groups excluding carboxylic acids is 5. The van der Waals surface area contributed by atoms with Gasteiger partial charge in [-0.3, -0.25) is 28.8 Å². The lowest BCUT2D eigenvalue weighted by Crippen LogP contribution is -2.47. The summed E-state index contributed by atoms with van der Waals surface area (Å²) in [4.78, 5) is 81.6. The van der Waals surface area contributed by atoms with Crippen LogP contribution in [-0.4, -0.2) is 134 Å². The van der Waals surface area contributed by atoms with Crippen molar-refractivity contribution < 1.29 is 62.7 Å². The van der Waals surface area contributed by atoms with E-state index < -0.39 is 24.1 Å². The van der Waals surface area contributed by atoms with Gasteiger partial charge in [0.15, 0.2) is 0 Å². The first kappa shape index (κ1) is 56.9. The Morgan fingerprint density at radius 1 is 0.467 bits per heavy atom. The van der Waals surface area contributed by atoms with Crippen molar-refractivity contribution in [2.75, 3.05) is 70.4 Å². The Morgan fingerprint density at radius 2 is 0.883 bits per heavy atom. The second-order valence-corrected chi connectivity index (χ2v) is 15.3. The summed E-state index contributed by atoms with van der Waals surface area (Å²) in [5.41, 5.74) is 0. The number of carboxylic acid groups (broad SMARTS) is 2. The molecule has 0 rings (SSSR count). The Morgan fingerprint density at radius 3 is 1.35 bits per heavy atom. The van der Waals surface area contributed by atoms with Gasteiger partial charge in [0.25, 0.3) is 0 Å². The van der Waals surface area contributed by atoms with Crippen LogP contribution in [-0.2, 0) is 52.5 Å². The molecule has 60 heavy (non-hydrogen) atoms. The van der Waals surface area contributed by atoms with Gasteiger partial charge in [0.2, 0.25) is 29.5 Å². The first-order valence-electron chi connectivity index (χ1n) is 21.7. The summed E-state index contributed by atoms with van der Waals surface area (Å²) >= 11 is 1.92. The molecule has 0 aromatic heterocycles. The molecule has 0 saturated carbocycles. The molecule has 0 spiro atoms. The maximum atomic E-state index is 12.3. The van der Waals surface area contributed by atoms with Crippen LogP contribution in [0.3, 0.4) is 0 Å². The number of ether oxygens (including phenoxy) is 4. The molecule has 19 heteroatoms. The molecule has 0 aliphatic heterocycles. The van der Waals surface area contributed by atoms with Gasteiger partial charge >= 0.3 is 11.9 Å². The molecule has 0 fully saturated rings. The van der Waals surface area contributed by atoms with E-state index in [9.17, 15) is 38.7 Å². The van der Waals surface area contributed by atoms with Gasteiger partial charge in [0.05, 0.1) is 50.2 Å². The van der Waals surface area contributed by atoms with Crippen molar-refractivity contribution in [3.8, 4) is 0 Å². The fraction of sp³-hybridized carbons (Fsp3) is 0.829. The largest absolute Gasteiger partial charge is 0.481 e. The number of amides is 5. The SMILES string of the molecule is CC(NC(=O)CI)NC(=O)COCCOCCNC(=O)COCCOCCNC(=O)CCC(NC(=O)CCCCCCCCCCCCCCCCCCC(=O)O)C(=O)O. The second-order valence-electron chi connectivity index (χ2n) is 14.6. The zero-order valence-electron chi connectivity index (χ0n) is 35.8. The number of unbranched alkanes of at least 4 members (excludes halogenated alkanes) is 15. The topological polar surface area (TPSA) is 257 Å². The molecule has 5 amide bonds. The van der Waals surface area contributed by atoms with Crippen molar-refractivity contribution in [3.05, 3.63) is 0 Å². The van der Waals surface area contributed by atoms with E-state index in [2.05, 4.69) is 26.6 Å². The Balaban J connectivity index is 3.66. The summed E-state index contributed by atoms with van der Waals surface area (Å²) in [6.45, 7) is 3.00. The molecule has 0 radical (unpaired) electrons. The number of hydrogen-bond donors (Lipinski definition) is 7. The van der Waals surface area contributed by atoms with Gasteiger partial charge in [-0.25, -0.2) is 4.79 Å².